The lowest BCUT2D eigenvalue weighted by molar-refractivity contribution is 0.583. The summed E-state index contributed by atoms with van der Waals surface area (Å²) in [6, 6.07) is 3.63. The lowest BCUT2D eigenvalue weighted by Crippen LogP contribution is -2.24. The van der Waals surface area contributed by atoms with Crippen molar-refractivity contribution in [3.63, 3.8) is 0 Å². The second kappa shape index (κ2) is 4.40. The van der Waals surface area contributed by atoms with Crippen LogP contribution in [0.3, 0.4) is 0 Å². The largest absolute Gasteiger partial charge is 0.464 e. The van der Waals surface area contributed by atoms with Gasteiger partial charge < -0.3 is 10.2 Å². The van der Waals surface area contributed by atoms with Crippen molar-refractivity contribution in [1.29, 1.82) is 0 Å². The van der Waals surface area contributed by atoms with Crippen molar-refractivity contribution in [2.24, 2.45) is 5.73 Å². The Kier molecular flexibility index (Phi) is 2.73. The Labute approximate surface area is 106 Å². The van der Waals surface area contributed by atoms with Crippen LogP contribution in [0.2, 0.25) is 0 Å². The van der Waals surface area contributed by atoms with Gasteiger partial charge in [-0.15, -0.1) is 11.3 Å². The van der Waals surface area contributed by atoms with E-state index in [-0.39, 0.29) is 5.56 Å². The minimum absolute atomic E-state index is 0.0712. The van der Waals surface area contributed by atoms with Crippen LogP contribution >= 0.6 is 11.3 Å². The fourth-order valence-corrected chi connectivity index (χ4v) is 2.77. The van der Waals surface area contributed by atoms with Crippen molar-refractivity contribution in [3.8, 4) is 11.3 Å². The number of hydrogen-bond donors (Lipinski definition) is 1. The maximum atomic E-state index is 12.3. The minimum atomic E-state index is -0.0712. The van der Waals surface area contributed by atoms with E-state index in [2.05, 4.69) is 4.98 Å². The van der Waals surface area contributed by atoms with Crippen molar-refractivity contribution < 1.29 is 4.42 Å². The van der Waals surface area contributed by atoms with E-state index >= 15 is 0 Å². The molecule has 2 N–H and O–H groups in total. The SMILES string of the molecule is NCCn1cnc2scc(-c3ccco3)c2c1=O. The molecule has 0 bridgehead atoms. The summed E-state index contributed by atoms with van der Waals surface area (Å²) in [4.78, 5) is 17.3. The number of fused-ring (bicyclic) bond motifs is 1. The molecule has 0 atom stereocenters. The second-order valence-corrected chi connectivity index (χ2v) is 4.70. The average molecular weight is 261 g/mol. The zero-order valence-corrected chi connectivity index (χ0v) is 10.3. The highest BCUT2D eigenvalue weighted by atomic mass is 32.1. The highest BCUT2D eigenvalue weighted by Crippen LogP contribution is 2.30. The predicted molar refractivity (Wildman–Crippen MR) is 70.6 cm³/mol. The summed E-state index contributed by atoms with van der Waals surface area (Å²) in [6.45, 7) is 0.878. The van der Waals surface area contributed by atoms with Crippen LogP contribution in [0.15, 0.2) is 39.3 Å². The van der Waals surface area contributed by atoms with E-state index in [1.54, 1.807) is 18.7 Å². The molecule has 0 unspecified atom stereocenters. The monoisotopic (exact) mass is 261 g/mol. The number of aromatic nitrogens is 2. The molecule has 18 heavy (non-hydrogen) atoms. The number of nitrogens with two attached hydrogens (primary N) is 1. The molecule has 0 aliphatic heterocycles. The first-order valence-corrected chi connectivity index (χ1v) is 6.40. The van der Waals surface area contributed by atoms with Gasteiger partial charge in [-0.05, 0) is 12.1 Å². The third kappa shape index (κ3) is 1.66. The molecule has 0 spiro atoms. The van der Waals surface area contributed by atoms with Gasteiger partial charge in [-0.25, -0.2) is 4.98 Å². The molecule has 0 amide bonds. The molecule has 92 valence electrons. The van der Waals surface area contributed by atoms with Crippen LogP contribution in [-0.4, -0.2) is 16.1 Å². The van der Waals surface area contributed by atoms with E-state index in [0.29, 0.717) is 24.2 Å². The van der Waals surface area contributed by atoms with Crippen LogP contribution in [0.1, 0.15) is 0 Å². The molecule has 3 aromatic heterocycles. The van der Waals surface area contributed by atoms with Crippen LogP contribution in [0.5, 0.6) is 0 Å². The van der Waals surface area contributed by atoms with Crippen molar-refractivity contribution >= 4 is 21.6 Å². The Hall–Kier alpha value is -1.92. The van der Waals surface area contributed by atoms with E-state index in [0.717, 1.165) is 10.4 Å². The molecule has 3 rings (SSSR count). The Morgan fingerprint density at radius 2 is 2.39 bits per heavy atom. The fourth-order valence-electron chi connectivity index (χ4n) is 1.88. The summed E-state index contributed by atoms with van der Waals surface area (Å²) in [5, 5.41) is 2.50. The van der Waals surface area contributed by atoms with Gasteiger partial charge in [0.25, 0.3) is 5.56 Å². The average Bonchev–Trinajstić information content (AvgIpc) is 3.00. The topological polar surface area (TPSA) is 74.1 Å². The summed E-state index contributed by atoms with van der Waals surface area (Å²) in [6.07, 6.45) is 3.13. The third-order valence-electron chi connectivity index (χ3n) is 2.72. The van der Waals surface area contributed by atoms with Crippen molar-refractivity contribution in [2.75, 3.05) is 6.54 Å². The van der Waals surface area contributed by atoms with Gasteiger partial charge in [0.2, 0.25) is 0 Å². The standard InChI is InChI=1S/C12H11N3O2S/c13-3-4-15-7-14-11-10(12(15)16)8(6-18-11)9-2-1-5-17-9/h1-2,5-7H,3-4,13H2. The van der Waals surface area contributed by atoms with Gasteiger partial charge in [-0.3, -0.25) is 9.36 Å². The van der Waals surface area contributed by atoms with Gasteiger partial charge in [-0.2, -0.15) is 0 Å². The summed E-state index contributed by atoms with van der Waals surface area (Å²) >= 11 is 1.44. The highest BCUT2D eigenvalue weighted by Gasteiger charge is 2.14. The Bertz CT molecular complexity index is 727. The highest BCUT2D eigenvalue weighted by molar-refractivity contribution is 7.17. The molecule has 5 nitrogen and oxygen atoms in total. The molecule has 3 heterocycles. The van der Waals surface area contributed by atoms with Crippen molar-refractivity contribution in [3.05, 3.63) is 40.5 Å². The zero-order valence-electron chi connectivity index (χ0n) is 9.50. The molecular weight excluding hydrogens is 250 g/mol. The molecule has 0 aliphatic carbocycles. The van der Waals surface area contributed by atoms with Gasteiger partial charge in [0.05, 0.1) is 18.0 Å². The number of nitrogens with zero attached hydrogens (tertiary/aromatic N) is 2. The normalized spacial score (nSPS) is 11.2. The van der Waals surface area contributed by atoms with Gasteiger partial charge >= 0.3 is 0 Å². The fraction of sp³-hybridized carbons (Fsp3) is 0.167. The van der Waals surface area contributed by atoms with Gasteiger partial charge in [0.15, 0.2) is 0 Å². The van der Waals surface area contributed by atoms with Gasteiger partial charge in [0, 0.05) is 24.0 Å². The first-order chi connectivity index (χ1) is 8.81. The molecule has 0 saturated heterocycles. The summed E-state index contributed by atoms with van der Waals surface area (Å²) in [5.74, 6) is 0.686. The van der Waals surface area contributed by atoms with Crippen molar-refractivity contribution in [2.45, 2.75) is 6.54 Å². The Morgan fingerprint density at radius 3 is 3.11 bits per heavy atom. The lowest BCUT2D eigenvalue weighted by Gasteiger charge is -2.02. The van der Waals surface area contributed by atoms with Crippen LogP contribution in [0.4, 0.5) is 0 Å². The van der Waals surface area contributed by atoms with Crippen LogP contribution in [-0.2, 0) is 6.54 Å². The quantitative estimate of drug-likeness (QED) is 0.778. The van der Waals surface area contributed by atoms with Crippen LogP contribution in [0, 0.1) is 0 Å². The van der Waals surface area contributed by atoms with Crippen LogP contribution < -0.4 is 11.3 Å². The molecule has 6 heteroatoms. The third-order valence-corrected chi connectivity index (χ3v) is 3.60. The molecule has 0 aliphatic rings. The minimum Gasteiger partial charge on any atom is -0.464 e. The van der Waals surface area contributed by atoms with Gasteiger partial charge in [-0.1, -0.05) is 0 Å². The summed E-state index contributed by atoms with van der Waals surface area (Å²) < 4.78 is 6.88. The lowest BCUT2D eigenvalue weighted by atomic mass is 10.2. The maximum absolute atomic E-state index is 12.3. The van der Waals surface area contributed by atoms with E-state index in [1.165, 1.54) is 15.9 Å². The number of hydrogen-bond acceptors (Lipinski definition) is 5. The first-order valence-electron chi connectivity index (χ1n) is 5.52. The zero-order chi connectivity index (χ0) is 12.5. The second-order valence-electron chi connectivity index (χ2n) is 3.84. The molecule has 0 saturated carbocycles. The smallest absolute Gasteiger partial charge is 0.262 e. The molecular formula is C12H11N3O2S. The van der Waals surface area contributed by atoms with E-state index in [4.69, 9.17) is 10.2 Å². The molecule has 3 aromatic rings. The summed E-state index contributed by atoms with van der Waals surface area (Å²) in [5.41, 5.74) is 6.20. The Morgan fingerprint density at radius 1 is 1.50 bits per heavy atom. The maximum Gasteiger partial charge on any atom is 0.262 e. The predicted octanol–water partition coefficient (Wildman–Crippen LogP) is 1.68. The molecule has 0 fully saturated rings. The number of thiophene rings is 1. The van der Waals surface area contributed by atoms with E-state index in [9.17, 15) is 4.79 Å². The molecule has 0 aromatic carbocycles. The molecule has 0 radical (unpaired) electrons. The number of furan rings is 1. The first kappa shape index (κ1) is 11.2. The van der Waals surface area contributed by atoms with Crippen molar-refractivity contribution in [1.82, 2.24) is 9.55 Å². The van der Waals surface area contributed by atoms with Gasteiger partial charge in [0.1, 0.15) is 10.6 Å². The van der Waals surface area contributed by atoms with E-state index < -0.39 is 0 Å². The Balaban J connectivity index is 2.29. The van der Waals surface area contributed by atoms with Crippen LogP contribution in [0.25, 0.3) is 21.5 Å². The number of rotatable bonds is 3. The van der Waals surface area contributed by atoms with E-state index in [1.807, 2.05) is 11.4 Å². The summed E-state index contributed by atoms with van der Waals surface area (Å²) in [7, 11) is 0.